The fourth-order valence-electron chi connectivity index (χ4n) is 3.56. The Bertz CT molecular complexity index is 926. The zero-order valence-electron chi connectivity index (χ0n) is 14.5. The third kappa shape index (κ3) is 2.88. The maximum absolute atomic E-state index is 13.1. The third-order valence-corrected chi connectivity index (χ3v) is 4.91. The van der Waals surface area contributed by atoms with Gasteiger partial charge in [0.1, 0.15) is 0 Å². The molecule has 2 aromatic heterocycles. The van der Waals surface area contributed by atoms with Gasteiger partial charge in [-0.05, 0) is 25.0 Å². The number of carbonyl (C=O) groups is 1. The molecule has 25 heavy (non-hydrogen) atoms. The first-order valence-electron chi connectivity index (χ1n) is 8.67. The van der Waals surface area contributed by atoms with Crippen molar-refractivity contribution in [2.24, 2.45) is 7.05 Å². The Morgan fingerprint density at radius 2 is 1.92 bits per heavy atom. The Kier molecular flexibility index (Phi) is 3.95. The first-order chi connectivity index (χ1) is 12.1. The van der Waals surface area contributed by atoms with Gasteiger partial charge >= 0.3 is 0 Å². The molecule has 2 heterocycles. The van der Waals surface area contributed by atoms with E-state index in [9.17, 15) is 4.79 Å². The topological polar surface area (TPSA) is 63.9 Å². The quantitative estimate of drug-likeness (QED) is 0.737. The number of rotatable bonds is 3. The molecule has 0 radical (unpaired) electrons. The largest absolute Gasteiger partial charge is 0.294 e. The second kappa shape index (κ2) is 6.27. The number of aromatic nitrogens is 4. The Morgan fingerprint density at radius 1 is 1.20 bits per heavy atom. The van der Waals surface area contributed by atoms with Crippen LogP contribution in [0.2, 0.25) is 0 Å². The molecule has 0 bridgehead atoms. The summed E-state index contributed by atoms with van der Waals surface area (Å²) in [4.78, 5) is 23.6. The van der Waals surface area contributed by atoms with E-state index in [0.717, 1.165) is 29.6 Å². The number of para-hydroxylation sites is 2. The van der Waals surface area contributed by atoms with Crippen molar-refractivity contribution in [3.8, 4) is 0 Å². The molecule has 1 saturated carbocycles. The summed E-state index contributed by atoms with van der Waals surface area (Å²) in [6.07, 6.45) is 8.10. The zero-order chi connectivity index (χ0) is 17.4. The number of hydrogen-bond acceptors (Lipinski definition) is 4. The monoisotopic (exact) mass is 335 g/mol. The van der Waals surface area contributed by atoms with Gasteiger partial charge in [0, 0.05) is 26.2 Å². The van der Waals surface area contributed by atoms with Gasteiger partial charge in [-0.3, -0.25) is 19.4 Å². The van der Waals surface area contributed by atoms with Gasteiger partial charge in [0.2, 0.25) is 0 Å². The lowest BCUT2D eigenvalue weighted by atomic mass is 10.00. The van der Waals surface area contributed by atoms with Crippen molar-refractivity contribution >= 4 is 22.8 Å². The molecule has 0 saturated heterocycles. The van der Waals surface area contributed by atoms with Crippen LogP contribution in [-0.2, 0) is 7.05 Å². The maximum Gasteiger partial charge on any atom is 0.262 e. The smallest absolute Gasteiger partial charge is 0.262 e. The van der Waals surface area contributed by atoms with Gasteiger partial charge in [0.05, 0.1) is 28.5 Å². The zero-order valence-corrected chi connectivity index (χ0v) is 14.5. The normalized spacial score (nSPS) is 15.0. The molecule has 1 aliphatic rings. The molecule has 4 rings (SSSR count). The summed E-state index contributed by atoms with van der Waals surface area (Å²) in [5.74, 6) is 0.848. The summed E-state index contributed by atoms with van der Waals surface area (Å²) in [5, 5.41) is 4.57. The fourth-order valence-corrected chi connectivity index (χ4v) is 3.56. The number of benzene rings is 1. The number of amides is 1. The van der Waals surface area contributed by atoms with Crippen molar-refractivity contribution in [2.45, 2.75) is 31.6 Å². The SMILES string of the molecule is CN(C(=O)c1cn(C)nc1C1CCCC1)c1cnc2ccccc2n1. The second-order valence-electron chi connectivity index (χ2n) is 6.66. The molecule has 1 aliphatic carbocycles. The van der Waals surface area contributed by atoms with E-state index in [1.54, 1.807) is 22.8 Å². The molecule has 0 N–H and O–H groups in total. The van der Waals surface area contributed by atoms with Crippen LogP contribution in [-0.4, -0.2) is 32.7 Å². The number of fused-ring (bicyclic) bond motifs is 1. The molecule has 1 fully saturated rings. The van der Waals surface area contributed by atoms with E-state index in [1.807, 2.05) is 37.5 Å². The van der Waals surface area contributed by atoms with Gasteiger partial charge in [0.25, 0.3) is 5.91 Å². The predicted octanol–water partition coefficient (Wildman–Crippen LogP) is 3.30. The van der Waals surface area contributed by atoms with Gasteiger partial charge < -0.3 is 0 Å². The highest BCUT2D eigenvalue weighted by Gasteiger charge is 2.28. The first kappa shape index (κ1) is 15.7. The number of aryl methyl sites for hydroxylation is 1. The summed E-state index contributed by atoms with van der Waals surface area (Å²) >= 11 is 0. The van der Waals surface area contributed by atoms with E-state index < -0.39 is 0 Å². The molecular formula is C19H21N5O. The molecule has 1 aromatic carbocycles. The molecule has 0 aliphatic heterocycles. The molecule has 128 valence electrons. The summed E-state index contributed by atoms with van der Waals surface area (Å²) < 4.78 is 1.74. The van der Waals surface area contributed by atoms with Crippen molar-refractivity contribution in [1.82, 2.24) is 19.7 Å². The Balaban J connectivity index is 1.67. The van der Waals surface area contributed by atoms with Crippen LogP contribution in [0.1, 0.15) is 47.7 Å². The van der Waals surface area contributed by atoms with Crippen LogP contribution in [0.25, 0.3) is 11.0 Å². The van der Waals surface area contributed by atoms with Crippen LogP contribution in [0, 0.1) is 0 Å². The van der Waals surface area contributed by atoms with Crippen molar-refractivity contribution in [1.29, 1.82) is 0 Å². The summed E-state index contributed by atoms with van der Waals surface area (Å²) in [7, 11) is 3.61. The van der Waals surface area contributed by atoms with E-state index in [1.165, 1.54) is 12.8 Å². The van der Waals surface area contributed by atoms with Gasteiger partial charge in [-0.2, -0.15) is 5.10 Å². The lowest BCUT2D eigenvalue weighted by Crippen LogP contribution is -2.28. The van der Waals surface area contributed by atoms with Gasteiger partial charge in [0.15, 0.2) is 5.82 Å². The molecular weight excluding hydrogens is 314 g/mol. The van der Waals surface area contributed by atoms with Crippen LogP contribution in [0.5, 0.6) is 0 Å². The van der Waals surface area contributed by atoms with Crippen LogP contribution in [0.3, 0.4) is 0 Å². The summed E-state index contributed by atoms with van der Waals surface area (Å²) in [6, 6.07) is 7.66. The van der Waals surface area contributed by atoms with E-state index >= 15 is 0 Å². The van der Waals surface area contributed by atoms with E-state index in [2.05, 4.69) is 15.1 Å². The number of nitrogens with zero attached hydrogens (tertiary/aromatic N) is 5. The van der Waals surface area contributed by atoms with Crippen molar-refractivity contribution in [2.75, 3.05) is 11.9 Å². The van der Waals surface area contributed by atoms with E-state index in [0.29, 0.717) is 17.3 Å². The number of carbonyl (C=O) groups excluding carboxylic acids is 1. The van der Waals surface area contributed by atoms with Crippen molar-refractivity contribution in [3.05, 3.63) is 47.9 Å². The molecule has 6 heteroatoms. The fraction of sp³-hybridized carbons (Fsp3) is 0.368. The molecule has 0 spiro atoms. The average Bonchev–Trinajstić information content (AvgIpc) is 3.29. The lowest BCUT2D eigenvalue weighted by molar-refractivity contribution is 0.0991. The molecule has 0 unspecified atom stereocenters. The standard InChI is InChI=1S/C19H21N5O/c1-23-12-14(18(22-23)13-7-3-4-8-13)19(25)24(2)17-11-20-15-9-5-6-10-16(15)21-17/h5-6,9-13H,3-4,7-8H2,1-2H3. The first-order valence-corrected chi connectivity index (χ1v) is 8.67. The molecule has 6 nitrogen and oxygen atoms in total. The predicted molar refractivity (Wildman–Crippen MR) is 96.7 cm³/mol. The molecule has 1 amide bonds. The molecule has 0 atom stereocenters. The third-order valence-electron chi connectivity index (χ3n) is 4.91. The van der Waals surface area contributed by atoms with Crippen molar-refractivity contribution in [3.63, 3.8) is 0 Å². The minimum atomic E-state index is -0.0837. The van der Waals surface area contributed by atoms with Gasteiger partial charge in [-0.1, -0.05) is 25.0 Å². The van der Waals surface area contributed by atoms with Crippen LogP contribution in [0.4, 0.5) is 5.82 Å². The van der Waals surface area contributed by atoms with Crippen molar-refractivity contribution < 1.29 is 4.79 Å². The highest BCUT2D eigenvalue weighted by Crippen LogP contribution is 2.35. The Hall–Kier alpha value is -2.76. The van der Waals surface area contributed by atoms with Gasteiger partial charge in [-0.15, -0.1) is 0 Å². The number of hydrogen-bond donors (Lipinski definition) is 0. The van der Waals surface area contributed by atoms with Crippen LogP contribution >= 0.6 is 0 Å². The van der Waals surface area contributed by atoms with Crippen LogP contribution < -0.4 is 4.90 Å². The average molecular weight is 335 g/mol. The Labute approximate surface area is 146 Å². The molecule has 3 aromatic rings. The minimum absolute atomic E-state index is 0.0837. The van der Waals surface area contributed by atoms with E-state index in [-0.39, 0.29) is 5.91 Å². The Morgan fingerprint density at radius 3 is 2.68 bits per heavy atom. The lowest BCUT2D eigenvalue weighted by Gasteiger charge is -2.17. The maximum atomic E-state index is 13.1. The van der Waals surface area contributed by atoms with Gasteiger partial charge in [-0.25, -0.2) is 4.98 Å². The summed E-state index contributed by atoms with van der Waals surface area (Å²) in [6.45, 7) is 0. The minimum Gasteiger partial charge on any atom is -0.294 e. The number of anilines is 1. The van der Waals surface area contributed by atoms with Crippen LogP contribution in [0.15, 0.2) is 36.7 Å². The second-order valence-corrected chi connectivity index (χ2v) is 6.66. The summed E-state index contributed by atoms with van der Waals surface area (Å²) in [5.41, 5.74) is 3.19. The van der Waals surface area contributed by atoms with E-state index in [4.69, 9.17) is 0 Å². The highest BCUT2D eigenvalue weighted by molar-refractivity contribution is 6.06. The highest BCUT2D eigenvalue weighted by atomic mass is 16.2.